The Morgan fingerprint density at radius 1 is 1.25 bits per heavy atom. The molecule has 1 amide bonds. The molecule has 0 radical (unpaired) electrons. The predicted molar refractivity (Wildman–Crippen MR) is 63.7 cm³/mol. The number of hydrogen-bond donors (Lipinski definition) is 3. The Morgan fingerprint density at radius 3 is 2.31 bits per heavy atom. The van der Waals surface area contributed by atoms with Gasteiger partial charge in [0.2, 0.25) is 0 Å². The monoisotopic (exact) mass is 222 g/mol. The molecule has 0 atom stereocenters. The molecule has 88 valence electrons. The van der Waals surface area contributed by atoms with Crippen molar-refractivity contribution in [1.29, 1.82) is 0 Å². The van der Waals surface area contributed by atoms with Gasteiger partial charge in [0.25, 0.3) is 5.91 Å². The Labute approximate surface area is 95.6 Å². The Kier molecular flexibility index (Phi) is 4.31. The van der Waals surface area contributed by atoms with Crippen LogP contribution in [0.15, 0.2) is 30.3 Å². The Balaban J connectivity index is 2.53. The van der Waals surface area contributed by atoms with Crippen molar-refractivity contribution in [3.05, 3.63) is 30.3 Å². The van der Waals surface area contributed by atoms with Crippen molar-refractivity contribution in [1.82, 2.24) is 5.43 Å². The number of hydrogen-bond acceptors (Lipinski definition) is 3. The van der Waals surface area contributed by atoms with Crippen molar-refractivity contribution in [2.24, 2.45) is 0 Å². The number of carbonyl (C=O) groups is 1. The van der Waals surface area contributed by atoms with Crippen molar-refractivity contribution >= 4 is 11.6 Å². The normalized spacial score (nSPS) is 10.9. The molecule has 0 saturated heterocycles. The minimum Gasteiger partial charge on any atom is -0.380 e. The Bertz CT molecular complexity index is 334. The third-order valence-corrected chi connectivity index (χ3v) is 2.69. The van der Waals surface area contributed by atoms with Crippen LogP contribution in [0.5, 0.6) is 0 Å². The van der Waals surface area contributed by atoms with Gasteiger partial charge in [-0.15, -0.1) is 0 Å². The lowest BCUT2D eigenvalue weighted by molar-refractivity contribution is -0.139. The van der Waals surface area contributed by atoms with Crippen LogP contribution in [0.25, 0.3) is 0 Å². The first-order valence-corrected chi connectivity index (χ1v) is 5.46. The van der Waals surface area contributed by atoms with Gasteiger partial charge in [-0.25, -0.2) is 0 Å². The summed E-state index contributed by atoms with van der Waals surface area (Å²) in [6, 6.07) is 9.27. The highest BCUT2D eigenvalue weighted by molar-refractivity contribution is 5.85. The number of anilines is 1. The average Bonchev–Trinajstić information content (AvgIpc) is 2.36. The van der Waals surface area contributed by atoms with Crippen molar-refractivity contribution in [3.8, 4) is 0 Å². The van der Waals surface area contributed by atoms with E-state index in [2.05, 4.69) is 10.9 Å². The van der Waals surface area contributed by atoms with E-state index < -0.39 is 11.5 Å². The van der Waals surface area contributed by atoms with Crippen LogP contribution in [0.3, 0.4) is 0 Å². The van der Waals surface area contributed by atoms with Crippen LogP contribution in [0.2, 0.25) is 0 Å². The highest BCUT2D eigenvalue weighted by Gasteiger charge is 2.31. The van der Waals surface area contributed by atoms with Gasteiger partial charge in [-0.3, -0.25) is 15.6 Å². The van der Waals surface area contributed by atoms with E-state index in [1.807, 2.05) is 30.3 Å². The molecular formula is C12H18N2O2. The lowest BCUT2D eigenvalue weighted by atomic mass is 9.97. The van der Waals surface area contributed by atoms with Crippen LogP contribution < -0.4 is 10.9 Å². The maximum Gasteiger partial charge on any atom is 0.270 e. The predicted octanol–water partition coefficient (Wildman–Crippen LogP) is 1.68. The van der Waals surface area contributed by atoms with E-state index in [0.29, 0.717) is 12.8 Å². The van der Waals surface area contributed by atoms with Gasteiger partial charge in [-0.1, -0.05) is 32.0 Å². The minimum atomic E-state index is -1.29. The van der Waals surface area contributed by atoms with Crippen molar-refractivity contribution in [2.75, 3.05) is 5.43 Å². The molecule has 4 nitrogen and oxygen atoms in total. The molecule has 0 saturated carbocycles. The molecule has 0 bridgehead atoms. The van der Waals surface area contributed by atoms with E-state index in [1.165, 1.54) is 0 Å². The molecular weight excluding hydrogens is 204 g/mol. The quantitative estimate of drug-likeness (QED) is 0.664. The number of benzene rings is 1. The fourth-order valence-corrected chi connectivity index (χ4v) is 1.34. The summed E-state index contributed by atoms with van der Waals surface area (Å²) in [5.41, 5.74) is 4.75. The third kappa shape index (κ3) is 2.97. The van der Waals surface area contributed by atoms with E-state index in [1.54, 1.807) is 13.8 Å². The third-order valence-electron chi connectivity index (χ3n) is 2.69. The van der Waals surface area contributed by atoms with Crippen molar-refractivity contribution < 1.29 is 9.90 Å². The number of carbonyl (C=O) groups excluding carboxylic acids is 1. The Hall–Kier alpha value is -1.55. The minimum absolute atomic E-state index is 0.395. The highest BCUT2D eigenvalue weighted by atomic mass is 16.3. The lowest BCUT2D eigenvalue weighted by Crippen LogP contribution is -2.48. The van der Waals surface area contributed by atoms with Gasteiger partial charge >= 0.3 is 0 Å². The van der Waals surface area contributed by atoms with E-state index in [9.17, 15) is 9.90 Å². The molecule has 0 aliphatic heterocycles. The fraction of sp³-hybridized carbons (Fsp3) is 0.417. The second kappa shape index (κ2) is 5.51. The van der Waals surface area contributed by atoms with E-state index in [-0.39, 0.29) is 0 Å². The van der Waals surface area contributed by atoms with Gasteiger partial charge in [-0.05, 0) is 25.0 Å². The molecule has 1 rings (SSSR count). The van der Waals surface area contributed by atoms with Crippen LogP contribution in [0, 0.1) is 0 Å². The van der Waals surface area contributed by atoms with Gasteiger partial charge in [0.05, 0.1) is 5.69 Å². The van der Waals surface area contributed by atoms with Crippen LogP contribution in [0.4, 0.5) is 5.69 Å². The molecule has 0 aromatic heterocycles. The molecule has 0 unspecified atom stereocenters. The summed E-state index contributed by atoms with van der Waals surface area (Å²) >= 11 is 0. The molecule has 0 aliphatic carbocycles. The molecule has 4 heteroatoms. The van der Waals surface area contributed by atoms with Crippen LogP contribution in [-0.4, -0.2) is 16.6 Å². The standard InChI is InChI=1S/C12H18N2O2/c1-3-12(16,4-2)11(15)14-13-10-8-6-5-7-9-10/h5-9,13,16H,3-4H2,1-2H3,(H,14,15). The van der Waals surface area contributed by atoms with E-state index in [0.717, 1.165) is 5.69 Å². The fourth-order valence-electron chi connectivity index (χ4n) is 1.34. The first-order chi connectivity index (χ1) is 7.62. The molecule has 0 spiro atoms. The number of aliphatic hydroxyl groups is 1. The van der Waals surface area contributed by atoms with Gasteiger partial charge in [0.15, 0.2) is 0 Å². The second-order valence-electron chi connectivity index (χ2n) is 3.68. The van der Waals surface area contributed by atoms with E-state index >= 15 is 0 Å². The van der Waals surface area contributed by atoms with Crippen LogP contribution >= 0.6 is 0 Å². The van der Waals surface area contributed by atoms with E-state index in [4.69, 9.17) is 0 Å². The summed E-state index contributed by atoms with van der Waals surface area (Å²) in [5, 5.41) is 9.92. The molecule has 0 fully saturated rings. The second-order valence-corrected chi connectivity index (χ2v) is 3.68. The van der Waals surface area contributed by atoms with Gasteiger partial charge in [0, 0.05) is 0 Å². The maximum atomic E-state index is 11.7. The van der Waals surface area contributed by atoms with Gasteiger partial charge in [0.1, 0.15) is 5.60 Å². The van der Waals surface area contributed by atoms with Crippen LogP contribution in [-0.2, 0) is 4.79 Å². The summed E-state index contributed by atoms with van der Waals surface area (Å²) in [6.07, 6.45) is 0.789. The zero-order chi connectivity index (χ0) is 12.0. The smallest absolute Gasteiger partial charge is 0.270 e. The van der Waals surface area contributed by atoms with Crippen molar-refractivity contribution in [2.45, 2.75) is 32.3 Å². The number of nitrogens with one attached hydrogen (secondary N) is 2. The van der Waals surface area contributed by atoms with Crippen LogP contribution in [0.1, 0.15) is 26.7 Å². The Morgan fingerprint density at radius 2 is 1.81 bits per heavy atom. The summed E-state index contributed by atoms with van der Waals surface area (Å²) in [4.78, 5) is 11.7. The largest absolute Gasteiger partial charge is 0.380 e. The SMILES string of the molecule is CCC(O)(CC)C(=O)NNc1ccccc1. The number of amides is 1. The molecule has 3 N–H and O–H groups in total. The highest BCUT2D eigenvalue weighted by Crippen LogP contribution is 2.14. The summed E-state index contributed by atoms with van der Waals surface area (Å²) in [7, 11) is 0. The molecule has 0 heterocycles. The number of para-hydroxylation sites is 1. The zero-order valence-electron chi connectivity index (χ0n) is 9.66. The average molecular weight is 222 g/mol. The topological polar surface area (TPSA) is 61.4 Å². The molecule has 16 heavy (non-hydrogen) atoms. The number of hydrazine groups is 1. The summed E-state index contributed by atoms with van der Waals surface area (Å²) in [5.74, 6) is -0.402. The first-order valence-electron chi connectivity index (χ1n) is 5.46. The number of rotatable bonds is 5. The lowest BCUT2D eigenvalue weighted by Gasteiger charge is -2.24. The van der Waals surface area contributed by atoms with Gasteiger partial charge < -0.3 is 5.11 Å². The molecule has 0 aliphatic rings. The molecule has 1 aromatic carbocycles. The summed E-state index contributed by atoms with van der Waals surface area (Å²) in [6.45, 7) is 3.57. The molecule has 1 aromatic rings. The summed E-state index contributed by atoms with van der Waals surface area (Å²) < 4.78 is 0. The van der Waals surface area contributed by atoms with Crippen molar-refractivity contribution in [3.63, 3.8) is 0 Å². The first kappa shape index (κ1) is 12.5. The maximum absolute atomic E-state index is 11.7. The zero-order valence-corrected chi connectivity index (χ0v) is 9.66. The van der Waals surface area contributed by atoms with Gasteiger partial charge in [-0.2, -0.15) is 0 Å².